The first-order chi connectivity index (χ1) is 13.9. The Kier molecular flexibility index (Phi) is 5.21. The molecule has 0 unspecified atom stereocenters. The summed E-state index contributed by atoms with van der Waals surface area (Å²) >= 11 is 0. The van der Waals surface area contributed by atoms with Crippen LogP contribution in [0.5, 0.6) is 0 Å². The monoisotopic (exact) mass is 410 g/mol. The molecule has 150 valence electrons. The van der Waals surface area contributed by atoms with Crippen LogP contribution in [0.2, 0.25) is 0 Å². The second-order valence-corrected chi connectivity index (χ2v) is 8.96. The van der Waals surface area contributed by atoms with E-state index < -0.39 is 10.0 Å². The molecule has 0 saturated carbocycles. The number of nitrogens with one attached hydrogen (secondary N) is 1. The van der Waals surface area contributed by atoms with E-state index >= 15 is 0 Å². The number of aromatic nitrogens is 2. The Balaban J connectivity index is 1.51. The Morgan fingerprint density at radius 2 is 1.76 bits per heavy atom. The van der Waals surface area contributed by atoms with Crippen molar-refractivity contribution in [2.24, 2.45) is 0 Å². The third-order valence-corrected chi connectivity index (χ3v) is 6.90. The molecule has 3 aromatic rings. The molecule has 1 fully saturated rings. The van der Waals surface area contributed by atoms with E-state index in [-0.39, 0.29) is 10.8 Å². The zero-order valence-electron chi connectivity index (χ0n) is 16.1. The predicted octanol–water partition coefficient (Wildman–Crippen LogP) is 3.22. The fourth-order valence-electron chi connectivity index (χ4n) is 3.41. The molecule has 2 heterocycles. The maximum atomic E-state index is 12.7. The summed E-state index contributed by atoms with van der Waals surface area (Å²) in [6.07, 6.45) is 3.48. The quantitative estimate of drug-likeness (QED) is 0.700. The topological polar surface area (TPSA) is 84.3 Å². The number of hydrogen-bond donors (Lipinski definition) is 1. The van der Waals surface area contributed by atoms with Crippen molar-refractivity contribution in [2.75, 3.05) is 18.4 Å². The number of carbonyl (C=O) groups excluding carboxylic acids is 1. The number of sulfonamides is 1. The number of rotatable bonds is 5. The van der Waals surface area contributed by atoms with Crippen LogP contribution in [0.25, 0.3) is 5.69 Å². The van der Waals surface area contributed by atoms with Gasteiger partial charge in [-0.2, -0.15) is 9.40 Å². The van der Waals surface area contributed by atoms with Gasteiger partial charge in [-0.1, -0.05) is 6.07 Å². The average molecular weight is 410 g/mol. The van der Waals surface area contributed by atoms with Crippen molar-refractivity contribution in [1.29, 1.82) is 0 Å². The summed E-state index contributed by atoms with van der Waals surface area (Å²) in [5.74, 6) is -0.301. The van der Waals surface area contributed by atoms with Gasteiger partial charge in [0.1, 0.15) is 0 Å². The van der Waals surface area contributed by atoms with Crippen LogP contribution in [-0.2, 0) is 10.0 Å². The van der Waals surface area contributed by atoms with Crippen molar-refractivity contribution in [3.63, 3.8) is 0 Å². The lowest BCUT2D eigenvalue weighted by Gasteiger charge is -2.16. The molecule has 0 atom stereocenters. The molecule has 4 rings (SSSR count). The molecule has 1 N–H and O–H groups in total. The van der Waals surface area contributed by atoms with E-state index in [0.717, 1.165) is 24.2 Å². The van der Waals surface area contributed by atoms with E-state index in [9.17, 15) is 13.2 Å². The van der Waals surface area contributed by atoms with Crippen molar-refractivity contribution in [2.45, 2.75) is 24.7 Å². The van der Waals surface area contributed by atoms with E-state index in [0.29, 0.717) is 24.3 Å². The van der Waals surface area contributed by atoms with Crippen molar-refractivity contribution >= 4 is 21.6 Å². The number of carbonyl (C=O) groups is 1. The van der Waals surface area contributed by atoms with Crippen LogP contribution >= 0.6 is 0 Å². The SMILES string of the molecule is Cc1ccnn1-c1ccc(C(=O)Nc2cccc(S(=O)(=O)N3CCCC3)c2)cc1. The summed E-state index contributed by atoms with van der Waals surface area (Å²) in [6, 6.07) is 15.4. The minimum atomic E-state index is -3.52. The van der Waals surface area contributed by atoms with E-state index in [2.05, 4.69) is 10.4 Å². The fourth-order valence-corrected chi connectivity index (χ4v) is 4.97. The van der Waals surface area contributed by atoms with Crippen molar-refractivity contribution in [3.05, 3.63) is 72.1 Å². The number of hydrogen-bond acceptors (Lipinski definition) is 4. The molecule has 29 heavy (non-hydrogen) atoms. The largest absolute Gasteiger partial charge is 0.322 e. The maximum Gasteiger partial charge on any atom is 0.255 e. The van der Waals surface area contributed by atoms with Gasteiger partial charge in [-0.3, -0.25) is 4.79 Å². The summed E-state index contributed by atoms with van der Waals surface area (Å²) in [7, 11) is -3.52. The molecule has 7 nitrogen and oxygen atoms in total. The lowest BCUT2D eigenvalue weighted by atomic mass is 10.2. The van der Waals surface area contributed by atoms with Crippen LogP contribution in [0, 0.1) is 6.92 Å². The Labute approximate surface area is 170 Å². The number of anilines is 1. The summed E-state index contributed by atoms with van der Waals surface area (Å²) in [6.45, 7) is 3.04. The highest BCUT2D eigenvalue weighted by Crippen LogP contribution is 2.23. The van der Waals surface area contributed by atoms with Crippen LogP contribution in [0.1, 0.15) is 28.9 Å². The Hall–Kier alpha value is -2.97. The molecule has 1 aliphatic rings. The van der Waals surface area contributed by atoms with Crippen molar-refractivity contribution in [3.8, 4) is 5.69 Å². The van der Waals surface area contributed by atoms with Crippen LogP contribution in [0.3, 0.4) is 0 Å². The fraction of sp³-hybridized carbons (Fsp3) is 0.238. The molecule has 0 spiro atoms. The minimum Gasteiger partial charge on any atom is -0.322 e. The average Bonchev–Trinajstić information content (AvgIpc) is 3.40. The molecule has 1 saturated heterocycles. The zero-order chi connectivity index (χ0) is 20.4. The van der Waals surface area contributed by atoms with Crippen molar-refractivity contribution < 1.29 is 13.2 Å². The lowest BCUT2D eigenvalue weighted by Crippen LogP contribution is -2.27. The first kappa shape index (κ1) is 19.4. The molecule has 2 aromatic carbocycles. The summed E-state index contributed by atoms with van der Waals surface area (Å²) in [5.41, 5.74) is 2.79. The predicted molar refractivity (Wildman–Crippen MR) is 111 cm³/mol. The number of amides is 1. The molecule has 1 aliphatic heterocycles. The van der Waals surface area contributed by atoms with E-state index in [1.54, 1.807) is 41.2 Å². The smallest absolute Gasteiger partial charge is 0.255 e. The zero-order valence-corrected chi connectivity index (χ0v) is 16.9. The number of benzene rings is 2. The first-order valence-corrected chi connectivity index (χ1v) is 10.9. The normalized spacial score (nSPS) is 14.8. The molecule has 0 radical (unpaired) electrons. The highest BCUT2D eigenvalue weighted by Gasteiger charge is 2.27. The van der Waals surface area contributed by atoms with Gasteiger partial charge in [0.2, 0.25) is 10.0 Å². The first-order valence-electron chi connectivity index (χ1n) is 9.48. The molecular formula is C21H22N4O3S. The highest BCUT2D eigenvalue weighted by atomic mass is 32.2. The minimum absolute atomic E-state index is 0.196. The van der Waals surface area contributed by atoms with Gasteiger partial charge >= 0.3 is 0 Å². The standard InChI is InChI=1S/C21H22N4O3S/c1-16-11-12-22-25(16)19-9-7-17(8-10-19)21(26)23-18-5-4-6-20(15-18)29(27,28)24-13-2-3-14-24/h4-12,15H,2-3,13-14H2,1H3,(H,23,26). The van der Waals surface area contributed by atoms with Crippen LogP contribution < -0.4 is 5.32 Å². The van der Waals surface area contributed by atoms with Crippen LogP contribution in [0.15, 0.2) is 65.7 Å². The molecule has 1 amide bonds. The molecule has 8 heteroatoms. The van der Waals surface area contributed by atoms with Gasteiger partial charge in [0.15, 0.2) is 0 Å². The van der Waals surface area contributed by atoms with E-state index in [1.807, 2.05) is 25.1 Å². The van der Waals surface area contributed by atoms with Gasteiger partial charge in [-0.15, -0.1) is 0 Å². The number of nitrogens with zero attached hydrogens (tertiary/aromatic N) is 3. The second kappa shape index (κ2) is 7.81. The van der Waals surface area contributed by atoms with Gasteiger partial charge in [0.25, 0.3) is 5.91 Å². The highest BCUT2D eigenvalue weighted by molar-refractivity contribution is 7.89. The van der Waals surface area contributed by atoms with Crippen LogP contribution in [0.4, 0.5) is 5.69 Å². The van der Waals surface area contributed by atoms with Gasteiger partial charge < -0.3 is 5.32 Å². The van der Waals surface area contributed by atoms with Gasteiger partial charge in [0, 0.05) is 36.2 Å². The van der Waals surface area contributed by atoms with Gasteiger partial charge in [-0.05, 0) is 68.3 Å². The van der Waals surface area contributed by atoms with Crippen LogP contribution in [-0.4, -0.2) is 41.5 Å². The molecule has 0 aliphatic carbocycles. The Morgan fingerprint density at radius 3 is 2.41 bits per heavy atom. The lowest BCUT2D eigenvalue weighted by molar-refractivity contribution is 0.102. The summed E-state index contributed by atoms with van der Waals surface area (Å²) < 4.78 is 28.7. The van der Waals surface area contributed by atoms with Crippen molar-refractivity contribution in [1.82, 2.24) is 14.1 Å². The van der Waals surface area contributed by atoms with E-state index in [4.69, 9.17) is 0 Å². The van der Waals surface area contributed by atoms with Gasteiger partial charge in [0.05, 0.1) is 10.6 Å². The molecular weight excluding hydrogens is 388 g/mol. The summed E-state index contributed by atoms with van der Waals surface area (Å²) in [4.78, 5) is 12.8. The van der Waals surface area contributed by atoms with Gasteiger partial charge in [-0.25, -0.2) is 13.1 Å². The Bertz CT molecular complexity index is 1130. The Morgan fingerprint density at radius 1 is 1.03 bits per heavy atom. The maximum absolute atomic E-state index is 12.7. The molecule has 0 bridgehead atoms. The summed E-state index contributed by atoms with van der Waals surface area (Å²) in [5, 5.41) is 7.03. The third-order valence-electron chi connectivity index (χ3n) is 5.00. The second-order valence-electron chi connectivity index (χ2n) is 7.02. The third kappa shape index (κ3) is 3.94. The number of aryl methyl sites for hydroxylation is 1. The molecule has 1 aromatic heterocycles. The van der Waals surface area contributed by atoms with E-state index in [1.165, 1.54) is 10.4 Å².